The van der Waals surface area contributed by atoms with Crippen molar-refractivity contribution in [1.82, 2.24) is 14.5 Å². The van der Waals surface area contributed by atoms with E-state index in [2.05, 4.69) is 9.82 Å². The summed E-state index contributed by atoms with van der Waals surface area (Å²) in [5.74, 6) is -0.444. The Hall–Kier alpha value is -1.73. The summed E-state index contributed by atoms with van der Waals surface area (Å²) in [6.07, 6.45) is 4.12. The minimum absolute atomic E-state index is 0.109. The third-order valence-electron chi connectivity index (χ3n) is 2.84. The number of hydrogen-bond donors (Lipinski definition) is 1. The van der Waals surface area contributed by atoms with E-state index in [1.807, 2.05) is 12.3 Å². The van der Waals surface area contributed by atoms with E-state index in [1.165, 1.54) is 12.1 Å². The Labute approximate surface area is 117 Å². The van der Waals surface area contributed by atoms with Crippen LogP contribution in [0.3, 0.4) is 0 Å². The highest BCUT2D eigenvalue weighted by molar-refractivity contribution is 7.89. The van der Waals surface area contributed by atoms with E-state index in [4.69, 9.17) is 0 Å². The van der Waals surface area contributed by atoms with Crippen LogP contribution >= 0.6 is 0 Å². The molecule has 0 unspecified atom stereocenters. The number of rotatable bonds is 6. The van der Waals surface area contributed by atoms with Gasteiger partial charge in [-0.2, -0.15) is 5.10 Å². The van der Waals surface area contributed by atoms with Crippen LogP contribution in [0.25, 0.3) is 0 Å². The number of benzene rings is 1. The third kappa shape index (κ3) is 3.64. The van der Waals surface area contributed by atoms with Crippen LogP contribution in [0.1, 0.15) is 12.0 Å². The summed E-state index contributed by atoms with van der Waals surface area (Å²) in [5.41, 5.74) is 0.393. The van der Waals surface area contributed by atoms with Crippen LogP contribution in [0.4, 0.5) is 4.39 Å². The van der Waals surface area contributed by atoms with Gasteiger partial charge in [0.1, 0.15) is 5.82 Å². The Kier molecular flexibility index (Phi) is 4.51. The predicted octanol–water partition coefficient (Wildman–Crippen LogP) is 1.70. The first-order valence-corrected chi connectivity index (χ1v) is 7.70. The first-order valence-electron chi connectivity index (χ1n) is 6.22. The van der Waals surface area contributed by atoms with Crippen molar-refractivity contribution in [1.29, 1.82) is 0 Å². The molecule has 20 heavy (non-hydrogen) atoms. The van der Waals surface area contributed by atoms with E-state index in [9.17, 15) is 12.8 Å². The molecule has 2 rings (SSSR count). The van der Waals surface area contributed by atoms with Crippen molar-refractivity contribution in [2.75, 3.05) is 6.54 Å². The molecule has 2 aromatic rings. The zero-order valence-electron chi connectivity index (χ0n) is 11.1. The van der Waals surface area contributed by atoms with Gasteiger partial charge < -0.3 is 0 Å². The normalized spacial score (nSPS) is 11.7. The van der Waals surface area contributed by atoms with E-state index >= 15 is 0 Å². The maximum atomic E-state index is 13.0. The second kappa shape index (κ2) is 6.15. The Morgan fingerprint density at radius 2 is 2.20 bits per heavy atom. The van der Waals surface area contributed by atoms with Gasteiger partial charge in [-0.25, -0.2) is 17.5 Å². The van der Waals surface area contributed by atoms with Crippen LogP contribution in [-0.2, 0) is 16.6 Å². The fourth-order valence-electron chi connectivity index (χ4n) is 1.87. The molecule has 0 aliphatic rings. The van der Waals surface area contributed by atoms with Crippen LogP contribution in [0.2, 0.25) is 0 Å². The molecule has 0 radical (unpaired) electrons. The highest BCUT2D eigenvalue weighted by Crippen LogP contribution is 2.15. The van der Waals surface area contributed by atoms with Crippen molar-refractivity contribution < 1.29 is 12.8 Å². The van der Waals surface area contributed by atoms with E-state index in [1.54, 1.807) is 17.8 Å². The van der Waals surface area contributed by atoms with E-state index < -0.39 is 15.8 Å². The molecule has 0 saturated heterocycles. The van der Waals surface area contributed by atoms with E-state index in [0.717, 1.165) is 6.07 Å². The topological polar surface area (TPSA) is 64.0 Å². The summed E-state index contributed by atoms with van der Waals surface area (Å²) in [7, 11) is -3.60. The van der Waals surface area contributed by atoms with Gasteiger partial charge in [0.25, 0.3) is 0 Å². The maximum Gasteiger partial charge on any atom is 0.240 e. The van der Waals surface area contributed by atoms with Crippen molar-refractivity contribution in [3.63, 3.8) is 0 Å². The third-order valence-corrected chi connectivity index (χ3v) is 4.46. The molecule has 5 nitrogen and oxygen atoms in total. The van der Waals surface area contributed by atoms with Crippen molar-refractivity contribution in [2.45, 2.75) is 24.8 Å². The molecule has 0 amide bonds. The summed E-state index contributed by atoms with van der Waals surface area (Å²) in [4.78, 5) is 0.109. The number of halogens is 1. The van der Waals surface area contributed by atoms with Gasteiger partial charge in [0.15, 0.2) is 0 Å². The van der Waals surface area contributed by atoms with Crippen LogP contribution in [0, 0.1) is 12.7 Å². The van der Waals surface area contributed by atoms with Crippen molar-refractivity contribution >= 4 is 10.0 Å². The maximum absolute atomic E-state index is 13.0. The molecule has 0 fully saturated rings. The second-order valence-corrected chi connectivity index (χ2v) is 6.17. The summed E-state index contributed by atoms with van der Waals surface area (Å²) in [5, 5.41) is 4.03. The van der Waals surface area contributed by atoms with Gasteiger partial charge >= 0.3 is 0 Å². The summed E-state index contributed by atoms with van der Waals surface area (Å²) < 4.78 is 41.4. The molecular weight excluding hydrogens is 281 g/mol. The van der Waals surface area contributed by atoms with Gasteiger partial charge in [0, 0.05) is 25.5 Å². The fraction of sp³-hybridized carbons (Fsp3) is 0.308. The molecule has 0 aliphatic heterocycles. The van der Waals surface area contributed by atoms with Gasteiger partial charge in [0.2, 0.25) is 10.0 Å². The Morgan fingerprint density at radius 3 is 2.85 bits per heavy atom. The lowest BCUT2D eigenvalue weighted by Crippen LogP contribution is -2.26. The first-order chi connectivity index (χ1) is 9.49. The monoisotopic (exact) mass is 297 g/mol. The standard InChI is InChI=1S/C13H16FN3O2S/c1-11-10-12(14)4-5-13(11)20(18,19)16-7-3-9-17-8-2-6-15-17/h2,4-6,8,10,16H,3,7,9H2,1H3. The van der Waals surface area contributed by atoms with Crippen molar-refractivity contribution in [3.8, 4) is 0 Å². The second-order valence-electron chi connectivity index (χ2n) is 4.43. The molecule has 7 heteroatoms. The summed E-state index contributed by atoms with van der Waals surface area (Å²) in [6.45, 7) is 2.51. The number of nitrogens with one attached hydrogen (secondary N) is 1. The van der Waals surface area contributed by atoms with Gasteiger partial charge in [0.05, 0.1) is 4.90 Å². The van der Waals surface area contributed by atoms with E-state index in [0.29, 0.717) is 25.1 Å². The number of sulfonamides is 1. The SMILES string of the molecule is Cc1cc(F)ccc1S(=O)(=O)NCCCn1cccn1. The smallest absolute Gasteiger partial charge is 0.240 e. The van der Waals surface area contributed by atoms with Crippen LogP contribution in [0.5, 0.6) is 0 Å². The number of hydrogen-bond acceptors (Lipinski definition) is 3. The molecule has 0 atom stereocenters. The Morgan fingerprint density at radius 1 is 1.40 bits per heavy atom. The van der Waals surface area contributed by atoms with Gasteiger partial charge in [-0.1, -0.05) is 0 Å². The molecule has 1 aromatic heterocycles. The zero-order chi connectivity index (χ0) is 14.6. The summed E-state index contributed by atoms with van der Waals surface area (Å²) >= 11 is 0. The molecule has 0 aliphatic carbocycles. The molecule has 1 N–H and O–H groups in total. The van der Waals surface area contributed by atoms with Gasteiger partial charge in [-0.05, 0) is 43.2 Å². The summed E-state index contributed by atoms with van der Waals surface area (Å²) in [6, 6.07) is 5.44. The minimum atomic E-state index is -3.60. The average molecular weight is 297 g/mol. The van der Waals surface area contributed by atoms with Gasteiger partial charge in [-0.3, -0.25) is 4.68 Å². The van der Waals surface area contributed by atoms with Crippen LogP contribution in [-0.4, -0.2) is 24.7 Å². The highest BCUT2D eigenvalue weighted by Gasteiger charge is 2.16. The quantitative estimate of drug-likeness (QED) is 0.825. The average Bonchev–Trinajstić information content (AvgIpc) is 2.87. The lowest BCUT2D eigenvalue weighted by Gasteiger charge is -2.09. The van der Waals surface area contributed by atoms with Gasteiger partial charge in [-0.15, -0.1) is 0 Å². The molecular formula is C13H16FN3O2S. The molecule has 108 valence electrons. The predicted molar refractivity (Wildman–Crippen MR) is 73.2 cm³/mol. The first kappa shape index (κ1) is 14.7. The zero-order valence-corrected chi connectivity index (χ0v) is 11.9. The largest absolute Gasteiger partial charge is 0.273 e. The number of aromatic nitrogens is 2. The molecule has 0 saturated carbocycles. The van der Waals surface area contributed by atoms with Crippen molar-refractivity contribution in [3.05, 3.63) is 48.0 Å². The molecule has 0 spiro atoms. The van der Waals surface area contributed by atoms with Crippen molar-refractivity contribution in [2.24, 2.45) is 0 Å². The van der Waals surface area contributed by atoms with E-state index in [-0.39, 0.29) is 4.90 Å². The lowest BCUT2D eigenvalue weighted by atomic mass is 10.2. The number of nitrogens with zero attached hydrogens (tertiary/aromatic N) is 2. The highest BCUT2D eigenvalue weighted by atomic mass is 32.2. The Bertz CT molecular complexity index is 669. The molecule has 1 aromatic carbocycles. The molecule has 0 bridgehead atoms. The minimum Gasteiger partial charge on any atom is -0.273 e. The fourth-order valence-corrected chi connectivity index (χ4v) is 3.17. The molecule has 1 heterocycles. The van der Waals surface area contributed by atoms with Crippen LogP contribution < -0.4 is 4.72 Å². The number of aryl methyl sites for hydroxylation is 2. The van der Waals surface area contributed by atoms with Crippen LogP contribution in [0.15, 0.2) is 41.6 Å². The Balaban J connectivity index is 1.93. The lowest BCUT2D eigenvalue weighted by molar-refractivity contribution is 0.552.